The Morgan fingerprint density at radius 2 is 1.82 bits per heavy atom. The second-order valence-corrected chi connectivity index (χ2v) is 19.7. The first-order chi connectivity index (χ1) is 18.6. The number of carbonyl (C=O) groups excluding carboxylic acids is 1. The van der Waals surface area contributed by atoms with Crippen LogP contribution in [0.3, 0.4) is 0 Å². The van der Waals surface area contributed by atoms with Crippen LogP contribution in [0.5, 0.6) is 5.88 Å². The summed E-state index contributed by atoms with van der Waals surface area (Å²) >= 11 is 1.73. The van der Waals surface area contributed by atoms with Crippen molar-refractivity contribution in [2.24, 2.45) is 0 Å². The molecule has 4 rings (SSSR count). The highest BCUT2D eigenvalue weighted by atomic mass is 32.1. The van der Waals surface area contributed by atoms with Crippen molar-refractivity contribution in [3.8, 4) is 11.9 Å². The Morgan fingerprint density at radius 1 is 1.15 bits per heavy atom. The van der Waals surface area contributed by atoms with Crippen molar-refractivity contribution in [3.63, 3.8) is 0 Å². The quantitative estimate of drug-likeness (QED) is 0.308. The third-order valence-electron chi connectivity index (χ3n) is 8.73. The minimum absolute atomic E-state index is 0.0329. The van der Waals surface area contributed by atoms with Crippen molar-refractivity contribution < 1.29 is 18.7 Å². The topological polar surface area (TPSA) is 97.6 Å². The number of nitriles is 1. The molecule has 1 unspecified atom stereocenters. The summed E-state index contributed by atoms with van der Waals surface area (Å²) < 4.78 is 18.6. The van der Waals surface area contributed by atoms with Gasteiger partial charge in [-0.05, 0) is 95.3 Å². The maximum atomic E-state index is 12.5. The number of hydrogen-bond acceptors (Lipinski definition) is 8. The van der Waals surface area contributed by atoms with Crippen LogP contribution in [-0.2, 0) is 15.6 Å². The van der Waals surface area contributed by atoms with Gasteiger partial charge in [-0.3, -0.25) is 0 Å². The van der Waals surface area contributed by atoms with Gasteiger partial charge < -0.3 is 18.8 Å². The van der Waals surface area contributed by atoms with E-state index in [9.17, 15) is 10.1 Å². The minimum Gasteiger partial charge on any atom is -0.474 e. The molecule has 1 amide bonds. The molecule has 2 aromatic heterocycles. The zero-order valence-electron chi connectivity index (χ0n) is 25.7. The first-order valence-corrected chi connectivity index (χ1v) is 18.3. The molecule has 0 bridgehead atoms. The largest absolute Gasteiger partial charge is 0.474 e. The van der Waals surface area contributed by atoms with E-state index < -0.39 is 20.0 Å². The van der Waals surface area contributed by atoms with Crippen LogP contribution in [0.4, 0.5) is 4.79 Å². The van der Waals surface area contributed by atoms with Crippen molar-refractivity contribution in [3.05, 3.63) is 16.8 Å². The van der Waals surface area contributed by atoms with Gasteiger partial charge in [-0.25, -0.2) is 14.8 Å². The molecule has 40 heavy (non-hydrogen) atoms. The Morgan fingerprint density at radius 3 is 2.42 bits per heavy atom. The van der Waals surface area contributed by atoms with E-state index in [1.165, 1.54) is 10.4 Å². The molecule has 8 nitrogen and oxygen atoms in total. The van der Waals surface area contributed by atoms with Crippen molar-refractivity contribution in [1.82, 2.24) is 14.9 Å². The molecule has 2 aliphatic carbocycles. The predicted octanol–water partition coefficient (Wildman–Crippen LogP) is 7.58. The summed E-state index contributed by atoms with van der Waals surface area (Å²) in [6.45, 7) is 16.7. The van der Waals surface area contributed by atoms with E-state index in [1.54, 1.807) is 22.6 Å². The van der Waals surface area contributed by atoms with Gasteiger partial charge >= 0.3 is 6.09 Å². The van der Waals surface area contributed by atoms with Gasteiger partial charge in [0.05, 0.1) is 11.5 Å². The van der Waals surface area contributed by atoms with E-state index in [0.717, 1.165) is 48.7 Å². The third-order valence-corrected chi connectivity index (χ3v) is 14.4. The molecular weight excluding hydrogens is 541 g/mol. The van der Waals surface area contributed by atoms with Gasteiger partial charge in [0, 0.05) is 18.0 Å². The maximum Gasteiger partial charge on any atom is 0.410 e. The van der Waals surface area contributed by atoms with Crippen molar-refractivity contribution in [1.29, 1.82) is 5.26 Å². The zero-order valence-corrected chi connectivity index (χ0v) is 27.5. The van der Waals surface area contributed by atoms with Crippen LogP contribution in [0.15, 0.2) is 6.33 Å². The summed E-state index contributed by atoms with van der Waals surface area (Å²) in [5.74, 6) is 0.877. The van der Waals surface area contributed by atoms with Crippen LogP contribution < -0.4 is 4.74 Å². The Kier molecular flexibility index (Phi) is 8.89. The molecular formula is C30H46N4O4SSi. The second kappa shape index (κ2) is 11.6. The van der Waals surface area contributed by atoms with Crippen LogP contribution in [0.1, 0.15) is 96.4 Å². The lowest BCUT2D eigenvalue weighted by atomic mass is 9.92. The minimum atomic E-state index is -2.07. The smallest absolute Gasteiger partial charge is 0.410 e. The molecule has 10 heteroatoms. The maximum absolute atomic E-state index is 12.5. The van der Waals surface area contributed by atoms with Gasteiger partial charge in [-0.15, -0.1) is 11.3 Å². The molecule has 2 heterocycles. The Hall–Kier alpha value is -2.22. The van der Waals surface area contributed by atoms with Crippen LogP contribution >= 0.6 is 11.3 Å². The fraction of sp³-hybridized carbons (Fsp3) is 0.733. The first-order valence-electron chi connectivity index (χ1n) is 14.6. The highest BCUT2D eigenvalue weighted by Gasteiger charge is 2.41. The van der Waals surface area contributed by atoms with Gasteiger partial charge in [-0.2, -0.15) is 5.26 Å². The van der Waals surface area contributed by atoms with Gasteiger partial charge in [0.1, 0.15) is 29.0 Å². The molecule has 1 fully saturated rings. The van der Waals surface area contributed by atoms with Crippen LogP contribution in [0.25, 0.3) is 10.2 Å². The highest BCUT2D eigenvalue weighted by molar-refractivity contribution is 7.19. The van der Waals surface area contributed by atoms with Gasteiger partial charge in [-0.1, -0.05) is 20.8 Å². The first kappa shape index (κ1) is 30.7. The standard InChI is InChI=1S/C30H46N4O4SSi/c1-29(2,3)37-28(35)34(7)20-11-13-21(14-12-20)36-26-25-24-19(10-15-23(24)39-27(25)33-18-32-26)16-22(17-31)38-40(8,9)30(4,5)6/h18-22H,10-16H2,1-9H3/t19-,20?,21?,22?/m1/s1. The Labute approximate surface area is 244 Å². The lowest BCUT2D eigenvalue weighted by Gasteiger charge is -2.38. The van der Waals surface area contributed by atoms with E-state index in [2.05, 4.69) is 49.9 Å². The highest BCUT2D eigenvalue weighted by Crippen LogP contribution is 2.48. The Bertz CT molecular complexity index is 1250. The molecule has 2 aromatic rings. The number of rotatable bonds is 7. The number of fused-ring (bicyclic) bond motifs is 3. The molecule has 220 valence electrons. The fourth-order valence-corrected chi connectivity index (χ4v) is 7.92. The molecule has 0 spiro atoms. The third kappa shape index (κ3) is 6.80. The summed E-state index contributed by atoms with van der Waals surface area (Å²) in [5, 5.41) is 11.1. The molecule has 0 radical (unpaired) electrons. The summed E-state index contributed by atoms with van der Waals surface area (Å²) in [6.07, 6.45) is 6.99. The number of ether oxygens (including phenoxy) is 2. The monoisotopic (exact) mass is 586 g/mol. The lowest BCUT2D eigenvalue weighted by Crippen LogP contribution is -2.43. The fourth-order valence-electron chi connectivity index (χ4n) is 5.47. The number of aromatic nitrogens is 2. The van der Waals surface area contributed by atoms with Crippen molar-refractivity contribution in [2.75, 3.05) is 7.05 Å². The van der Waals surface area contributed by atoms with E-state index in [0.29, 0.717) is 12.3 Å². The molecule has 0 saturated heterocycles. The molecule has 0 N–H and O–H groups in total. The molecule has 2 atom stereocenters. The normalized spacial score (nSPS) is 22.4. The summed E-state index contributed by atoms with van der Waals surface area (Å²) in [7, 11) is -0.240. The summed E-state index contributed by atoms with van der Waals surface area (Å²) in [5.41, 5.74) is 0.750. The number of carbonyl (C=O) groups is 1. The average molecular weight is 587 g/mol. The predicted molar refractivity (Wildman–Crippen MR) is 161 cm³/mol. The number of aryl methyl sites for hydroxylation is 1. The van der Waals surface area contributed by atoms with Crippen LogP contribution in [0, 0.1) is 11.3 Å². The lowest BCUT2D eigenvalue weighted by molar-refractivity contribution is 0.0137. The van der Waals surface area contributed by atoms with E-state index >= 15 is 0 Å². The van der Waals surface area contributed by atoms with Gasteiger partial charge in [0.25, 0.3) is 0 Å². The van der Waals surface area contributed by atoms with Crippen molar-refractivity contribution in [2.45, 2.75) is 134 Å². The van der Waals surface area contributed by atoms with Crippen LogP contribution in [-0.4, -0.2) is 60.2 Å². The number of hydrogen-bond donors (Lipinski definition) is 0. The van der Waals surface area contributed by atoms with E-state index in [1.807, 2.05) is 27.8 Å². The van der Waals surface area contributed by atoms with E-state index in [-0.39, 0.29) is 29.2 Å². The molecule has 1 saturated carbocycles. The van der Waals surface area contributed by atoms with Gasteiger partial charge in [0.2, 0.25) is 5.88 Å². The second-order valence-electron chi connectivity index (χ2n) is 13.9. The van der Waals surface area contributed by atoms with Gasteiger partial charge in [0.15, 0.2) is 8.32 Å². The van der Waals surface area contributed by atoms with Crippen molar-refractivity contribution >= 4 is 36.0 Å². The summed E-state index contributed by atoms with van der Waals surface area (Å²) in [6, 6.07) is 2.60. The Balaban J connectivity index is 1.46. The summed E-state index contributed by atoms with van der Waals surface area (Å²) in [4.78, 5) is 25.7. The average Bonchev–Trinajstić information content (AvgIpc) is 3.41. The molecule has 0 aromatic carbocycles. The zero-order chi connectivity index (χ0) is 29.5. The number of nitrogens with zero attached hydrogens (tertiary/aromatic N) is 4. The molecule has 2 aliphatic rings. The van der Waals surface area contributed by atoms with Crippen LogP contribution in [0.2, 0.25) is 18.1 Å². The number of thiophene rings is 1. The van der Waals surface area contributed by atoms with E-state index in [4.69, 9.17) is 13.9 Å². The SMILES string of the molecule is CN(C(=O)OC(C)(C)C)C1CCC(Oc2ncnc3sc4c(c23)[C@@H](CC(C#N)O[Si](C)(C)C(C)(C)C)CC4)CC1. The molecule has 0 aliphatic heterocycles. The number of amides is 1.